The number of carbonyl (C=O) groups is 1. The molecule has 0 atom stereocenters. The standard InChI is InChI=1S/C22H24N4O2/c1-25(14-17-9-11-28-12-10-17)22(27)19-7-5-18(6-8-19)20-3-2-4-21(13-20)26-15-23-24-16-26/h2-8,13,15-17H,9-12,14H2,1H3. The van der Waals surface area contributed by atoms with Crippen LogP contribution in [-0.2, 0) is 4.74 Å². The molecule has 1 aliphatic heterocycles. The van der Waals surface area contributed by atoms with Crippen molar-refractivity contribution in [3.05, 3.63) is 66.7 Å². The van der Waals surface area contributed by atoms with Crippen molar-refractivity contribution in [3.63, 3.8) is 0 Å². The summed E-state index contributed by atoms with van der Waals surface area (Å²) < 4.78 is 7.27. The minimum atomic E-state index is 0.0660. The van der Waals surface area contributed by atoms with Crippen molar-refractivity contribution in [1.29, 1.82) is 0 Å². The summed E-state index contributed by atoms with van der Waals surface area (Å²) in [6.07, 6.45) is 5.41. The van der Waals surface area contributed by atoms with E-state index in [2.05, 4.69) is 22.3 Å². The zero-order chi connectivity index (χ0) is 19.3. The van der Waals surface area contributed by atoms with Crippen LogP contribution >= 0.6 is 0 Å². The van der Waals surface area contributed by atoms with E-state index in [0.29, 0.717) is 11.5 Å². The van der Waals surface area contributed by atoms with Gasteiger partial charge in [-0.3, -0.25) is 9.36 Å². The van der Waals surface area contributed by atoms with Gasteiger partial charge in [0.15, 0.2) is 0 Å². The van der Waals surface area contributed by atoms with Gasteiger partial charge in [0.25, 0.3) is 5.91 Å². The second-order valence-corrected chi connectivity index (χ2v) is 7.24. The van der Waals surface area contributed by atoms with Crippen LogP contribution in [0.25, 0.3) is 16.8 Å². The first-order valence-electron chi connectivity index (χ1n) is 9.59. The molecule has 1 fully saturated rings. The van der Waals surface area contributed by atoms with Crippen LogP contribution in [0.4, 0.5) is 0 Å². The zero-order valence-electron chi connectivity index (χ0n) is 16.0. The van der Waals surface area contributed by atoms with E-state index in [0.717, 1.165) is 49.4 Å². The first-order chi connectivity index (χ1) is 13.7. The Hall–Kier alpha value is -2.99. The van der Waals surface area contributed by atoms with E-state index in [1.165, 1.54) is 0 Å². The van der Waals surface area contributed by atoms with Crippen molar-refractivity contribution in [2.75, 3.05) is 26.8 Å². The van der Waals surface area contributed by atoms with Crippen LogP contribution in [0, 0.1) is 5.92 Å². The molecule has 0 N–H and O–H groups in total. The predicted molar refractivity (Wildman–Crippen MR) is 107 cm³/mol. The van der Waals surface area contributed by atoms with Crippen molar-refractivity contribution >= 4 is 5.91 Å². The molecule has 2 aromatic carbocycles. The van der Waals surface area contributed by atoms with E-state index < -0.39 is 0 Å². The highest BCUT2D eigenvalue weighted by Crippen LogP contribution is 2.23. The molecule has 1 amide bonds. The molecule has 3 aromatic rings. The third kappa shape index (κ3) is 4.12. The molecule has 0 radical (unpaired) electrons. The molecule has 28 heavy (non-hydrogen) atoms. The molecule has 4 rings (SSSR count). The molecule has 6 nitrogen and oxygen atoms in total. The maximum atomic E-state index is 12.8. The number of ether oxygens (including phenoxy) is 1. The molecule has 0 spiro atoms. The van der Waals surface area contributed by atoms with Crippen LogP contribution in [0.15, 0.2) is 61.2 Å². The number of benzene rings is 2. The summed E-state index contributed by atoms with van der Waals surface area (Å²) in [5, 5.41) is 7.71. The van der Waals surface area contributed by atoms with Gasteiger partial charge in [-0.25, -0.2) is 0 Å². The summed E-state index contributed by atoms with van der Waals surface area (Å²) in [7, 11) is 1.88. The van der Waals surface area contributed by atoms with Crippen molar-refractivity contribution in [1.82, 2.24) is 19.7 Å². The van der Waals surface area contributed by atoms with Crippen LogP contribution in [0.2, 0.25) is 0 Å². The van der Waals surface area contributed by atoms with Gasteiger partial charge in [0, 0.05) is 38.1 Å². The molecule has 2 heterocycles. The highest BCUT2D eigenvalue weighted by molar-refractivity contribution is 5.94. The smallest absolute Gasteiger partial charge is 0.253 e. The summed E-state index contributed by atoms with van der Waals surface area (Å²) in [6, 6.07) is 16.0. The van der Waals surface area contributed by atoms with E-state index in [-0.39, 0.29) is 5.91 Å². The minimum Gasteiger partial charge on any atom is -0.381 e. The van der Waals surface area contributed by atoms with Gasteiger partial charge in [0.2, 0.25) is 0 Å². The van der Waals surface area contributed by atoms with Gasteiger partial charge in [0.1, 0.15) is 12.7 Å². The Morgan fingerprint density at radius 1 is 1.07 bits per heavy atom. The summed E-state index contributed by atoms with van der Waals surface area (Å²) in [4.78, 5) is 14.6. The van der Waals surface area contributed by atoms with E-state index >= 15 is 0 Å². The highest BCUT2D eigenvalue weighted by Gasteiger charge is 2.19. The third-order valence-corrected chi connectivity index (χ3v) is 5.25. The normalized spacial score (nSPS) is 14.8. The van der Waals surface area contributed by atoms with Crippen LogP contribution in [0.1, 0.15) is 23.2 Å². The van der Waals surface area contributed by atoms with Crippen LogP contribution in [0.5, 0.6) is 0 Å². The van der Waals surface area contributed by atoms with Gasteiger partial charge in [0.05, 0.1) is 0 Å². The van der Waals surface area contributed by atoms with Crippen molar-refractivity contribution in [2.24, 2.45) is 5.92 Å². The Balaban J connectivity index is 1.46. The highest BCUT2D eigenvalue weighted by atomic mass is 16.5. The average molecular weight is 376 g/mol. The summed E-state index contributed by atoms with van der Waals surface area (Å²) in [5.41, 5.74) is 3.87. The number of hydrogen-bond acceptors (Lipinski definition) is 4. The first-order valence-corrected chi connectivity index (χ1v) is 9.59. The Morgan fingerprint density at radius 2 is 1.79 bits per heavy atom. The third-order valence-electron chi connectivity index (χ3n) is 5.25. The van der Waals surface area contributed by atoms with Gasteiger partial charge >= 0.3 is 0 Å². The molecule has 0 saturated carbocycles. The summed E-state index contributed by atoms with van der Waals surface area (Å²) >= 11 is 0. The van der Waals surface area contributed by atoms with Crippen LogP contribution < -0.4 is 0 Å². The fourth-order valence-electron chi connectivity index (χ4n) is 3.60. The number of nitrogens with zero attached hydrogens (tertiary/aromatic N) is 4. The number of amides is 1. The average Bonchev–Trinajstić information content (AvgIpc) is 3.29. The molecule has 1 aromatic heterocycles. The molecule has 6 heteroatoms. The van der Waals surface area contributed by atoms with Gasteiger partial charge < -0.3 is 9.64 Å². The van der Waals surface area contributed by atoms with Gasteiger partial charge in [-0.15, -0.1) is 10.2 Å². The number of aromatic nitrogens is 3. The van der Waals surface area contributed by atoms with E-state index in [1.54, 1.807) is 12.7 Å². The lowest BCUT2D eigenvalue weighted by atomic mass is 9.99. The Bertz CT molecular complexity index is 916. The SMILES string of the molecule is CN(CC1CCOCC1)C(=O)c1ccc(-c2cccc(-n3cnnc3)c2)cc1. The predicted octanol–water partition coefficient (Wildman–Crippen LogP) is 3.43. The maximum Gasteiger partial charge on any atom is 0.253 e. The fourth-order valence-corrected chi connectivity index (χ4v) is 3.60. The summed E-state index contributed by atoms with van der Waals surface area (Å²) in [5.74, 6) is 0.596. The number of rotatable bonds is 5. The number of hydrogen-bond donors (Lipinski definition) is 0. The topological polar surface area (TPSA) is 60.2 Å². The maximum absolute atomic E-state index is 12.8. The zero-order valence-corrected chi connectivity index (χ0v) is 16.0. The molecule has 0 unspecified atom stereocenters. The quantitative estimate of drug-likeness (QED) is 0.684. The lowest BCUT2D eigenvalue weighted by Gasteiger charge is -2.27. The van der Waals surface area contributed by atoms with E-state index in [1.807, 2.05) is 52.9 Å². The van der Waals surface area contributed by atoms with Crippen molar-refractivity contribution in [3.8, 4) is 16.8 Å². The lowest BCUT2D eigenvalue weighted by Crippen LogP contribution is -2.34. The second kappa shape index (κ2) is 8.35. The lowest BCUT2D eigenvalue weighted by molar-refractivity contribution is 0.0497. The molecule has 144 valence electrons. The molecule has 1 saturated heterocycles. The van der Waals surface area contributed by atoms with Crippen LogP contribution in [-0.4, -0.2) is 52.4 Å². The van der Waals surface area contributed by atoms with Gasteiger partial charge in [-0.1, -0.05) is 24.3 Å². The fraction of sp³-hybridized carbons (Fsp3) is 0.318. The monoisotopic (exact) mass is 376 g/mol. The second-order valence-electron chi connectivity index (χ2n) is 7.24. The Morgan fingerprint density at radius 3 is 2.50 bits per heavy atom. The summed E-state index contributed by atoms with van der Waals surface area (Å²) in [6.45, 7) is 2.39. The molecule has 1 aliphatic rings. The molecule has 0 bridgehead atoms. The first kappa shape index (κ1) is 18.4. The number of carbonyl (C=O) groups excluding carboxylic acids is 1. The Kier molecular flexibility index (Phi) is 5.48. The Labute approximate surface area is 164 Å². The van der Waals surface area contributed by atoms with E-state index in [9.17, 15) is 4.79 Å². The van der Waals surface area contributed by atoms with Crippen molar-refractivity contribution < 1.29 is 9.53 Å². The minimum absolute atomic E-state index is 0.0660. The van der Waals surface area contributed by atoms with Gasteiger partial charge in [-0.05, 0) is 54.2 Å². The largest absolute Gasteiger partial charge is 0.381 e. The van der Waals surface area contributed by atoms with E-state index in [4.69, 9.17) is 4.74 Å². The molecule has 0 aliphatic carbocycles. The molecular weight excluding hydrogens is 352 g/mol. The van der Waals surface area contributed by atoms with Gasteiger partial charge in [-0.2, -0.15) is 0 Å². The van der Waals surface area contributed by atoms with Crippen LogP contribution in [0.3, 0.4) is 0 Å². The van der Waals surface area contributed by atoms with Crippen molar-refractivity contribution in [2.45, 2.75) is 12.8 Å². The molecular formula is C22H24N4O2.